The van der Waals surface area contributed by atoms with E-state index in [1.54, 1.807) is 17.5 Å². The number of aryl methyl sites for hydroxylation is 1. The van der Waals surface area contributed by atoms with E-state index < -0.39 is 0 Å². The first-order valence-corrected chi connectivity index (χ1v) is 4.74. The minimum atomic E-state index is -0.212. The molecule has 2 aromatic rings. The summed E-state index contributed by atoms with van der Waals surface area (Å²) in [5.41, 5.74) is 2.72. The largest absolute Gasteiger partial charge is 0.235 e. The SMILES string of the molecule is Cc1c(F)ccc2c(C(C)C)cnn12. The molecule has 2 rings (SSSR count). The van der Waals surface area contributed by atoms with Gasteiger partial charge in [-0.05, 0) is 25.0 Å². The van der Waals surface area contributed by atoms with Crippen molar-refractivity contribution in [2.24, 2.45) is 0 Å². The maximum absolute atomic E-state index is 13.2. The molecule has 0 radical (unpaired) electrons. The number of nitrogens with zero attached hydrogens (tertiary/aromatic N) is 2. The quantitative estimate of drug-likeness (QED) is 0.679. The number of aromatic nitrogens is 2. The Bertz CT molecular complexity index is 471. The van der Waals surface area contributed by atoms with E-state index in [0.29, 0.717) is 11.6 Å². The molecule has 14 heavy (non-hydrogen) atoms. The van der Waals surface area contributed by atoms with Gasteiger partial charge in [0.15, 0.2) is 0 Å². The lowest BCUT2D eigenvalue weighted by atomic mass is 10.1. The standard InChI is InChI=1S/C11H13FN2/c1-7(2)9-6-13-14-8(3)10(12)4-5-11(9)14/h4-7H,1-3H3. The highest BCUT2D eigenvalue weighted by Gasteiger charge is 2.10. The van der Waals surface area contributed by atoms with Crippen LogP contribution in [-0.2, 0) is 0 Å². The van der Waals surface area contributed by atoms with Gasteiger partial charge in [-0.25, -0.2) is 8.91 Å². The Balaban J connectivity index is 2.77. The molecule has 2 aromatic heterocycles. The van der Waals surface area contributed by atoms with E-state index in [9.17, 15) is 4.39 Å². The summed E-state index contributed by atoms with van der Waals surface area (Å²) in [6.45, 7) is 5.95. The highest BCUT2D eigenvalue weighted by atomic mass is 19.1. The molecule has 0 bridgehead atoms. The molecule has 0 atom stereocenters. The number of fused-ring (bicyclic) bond motifs is 1. The van der Waals surface area contributed by atoms with Gasteiger partial charge in [0, 0.05) is 5.56 Å². The molecule has 0 saturated heterocycles. The van der Waals surface area contributed by atoms with Gasteiger partial charge in [-0.1, -0.05) is 13.8 Å². The van der Waals surface area contributed by atoms with Crippen LogP contribution < -0.4 is 0 Å². The Morgan fingerprint density at radius 3 is 2.71 bits per heavy atom. The van der Waals surface area contributed by atoms with Crippen molar-refractivity contribution in [3.63, 3.8) is 0 Å². The van der Waals surface area contributed by atoms with Crippen molar-refractivity contribution in [2.45, 2.75) is 26.7 Å². The third-order valence-corrected chi connectivity index (χ3v) is 2.51. The summed E-state index contributed by atoms with van der Waals surface area (Å²) in [4.78, 5) is 0. The van der Waals surface area contributed by atoms with Crippen molar-refractivity contribution in [1.29, 1.82) is 0 Å². The van der Waals surface area contributed by atoms with E-state index in [0.717, 1.165) is 11.1 Å². The van der Waals surface area contributed by atoms with Crippen LogP contribution in [0.15, 0.2) is 18.3 Å². The first kappa shape index (κ1) is 9.19. The topological polar surface area (TPSA) is 17.3 Å². The number of rotatable bonds is 1. The highest BCUT2D eigenvalue weighted by Crippen LogP contribution is 2.21. The first-order valence-electron chi connectivity index (χ1n) is 4.74. The summed E-state index contributed by atoms with van der Waals surface area (Å²) in [6, 6.07) is 3.28. The predicted molar refractivity (Wildman–Crippen MR) is 54.0 cm³/mol. The molecule has 74 valence electrons. The Morgan fingerprint density at radius 1 is 1.36 bits per heavy atom. The molecule has 0 unspecified atom stereocenters. The molecule has 3 heteroatoms. The van der Waals surface area contributed by atoms with Crippen LogP contribution in [0.25, 0.3) is 5.52 Å². The number of hydrogen-bond donors (Lipinski definition) is 0. The lowest BCUT2D eigenvalue weighted by Crippen LogP contribution is -1.97. The van der Waals surface area contributed by atoms with Crippen LogP contribution in [-0.4, -0.2) is 9.61 Å². The molecule has 0 spiro atoms. The van der Waals surface area contributed by atoms with E-state index >= 15 is 0 Å². The van der Waals surface area contributed by atoms with Crippen LogP contribution in [0.2, 0.25) is 0 Å². The maximum Gasteiger partial charge on any atom is 0.144 e. The van der Waals surface area contributed by atoms with Crippen LogP contribution in [0.4, 0.5) is 4.39 Å². The van der Waals surface area contributed by atoms with Crippen LogP contribution >= 0.6 is 0 Å². The van der Waals surface area contributed by atoms with Gasteiger partial charge in [0.1, 0.15) is 5.82 Å². The molecule has 0 aliphatic heterocycles. The summed E-state index contributed by atoms with van der Waals surface area (Å²) < 4.78 is 14.9. The van der Waals surface area contributed by atoms with Gasteiger partial charge in [-0.3, -0.25) is 0 Å². The average molecular weight is 192 g/mol. The fourth-order valence-corrected chi connectivity index (χ4v) is 1.62. The summed E-state index contributed by atoms with van der Waals surface area (Å²) >= 11 is 0. The van der Waals surface area contributed by atoms with E-state index in [-0.39, 0.29) is 5.82 Å². The molecule has 0 fully saturated rings. The lowest BCUT2D eigenvalue weighted by molar-refractivity contribution is 0.600. The minimum Gasteiger partial charge on any atom is -0.235 e. The average Bonchev–Trinajstić information content (AvgIpc) is 2.55. The summed E-state index contributed by atoms with van der Waals surface area (Å²) in [6.07, 6.45) is 1.81. The number of pyridine rings is 1. The van der Waals surface area contributed by atoms with Crippen LogP contribution in [0.3, 0.4) is 0 Å². The molecule has 2 heterocycles. The second-order valence-corrected chi connectivity index (χ2v) is 3.82. The Labute approximate surface area is 82.4 Å². The first-order chi connectivity index (χ1) is 6.61. The van der Waals surface area contributed by atoms with Crippen molar-refractivity contribution >= 4 is 5.52 Å². The highest BCUT2D eigenvalue weighted by molar-refractivity contribution is 5.55. The smallest absolute Gasteiger partial charge is 0.144 e. The van der Waals surface area contributed by atoms with Crippen molar-refractivity contribution in [1.82, 2.24) is 9.61 Å². The fraction of sp³-hybridized carbons (Fsp3) is 0.364. The zero-order valence-electron chi connectivity index (χ0n) is 8.58. The van der Waals surface area contributed by atoms with Gasteiger partial charge < -0.3 is 0 Å². The van der Waals surface area contributed by atoms with Crippen LogP contribution in [0, 0.1) is 12.7 Å². The Kier molecular flexibility index (Phi) is 2.02. The maximum atomic E-state index is 13.2. The van der Waals surface area contributed by atoms with Gasteiger partial charge >= 0.3 is 0 Å². The van der Waals surface area contributed by atoms with Gasteiger partial charge in [0.25, 0.3) is 0 Å². The van der Waals surface area contributed by atoms with E-state index in [2.05, 4.69) is 18.9 Å². The number of hydrogen-bond acceptors (Lipinski definition) is 1. The molecule has 2 nitrogen and oxygen atoms in total. The van der Waals surface area contributed by atoms with Gasteiger partial charge in [-0.15, -0.1) is 0 Å². The zero-order chi connectivity index (χ0) is 10.3. The van der Waals surface area contributed by atoms with Crippen LogP contribution in [0.1, 0.15) is 31.0 Å². The van der Waals surface area contributed by atoms with Crippen LogP contribution in [0.5, 0.6) is 0 Å². The molecule has 0 aliphatic carbocycles. The molecular weight excluding hydrogens is 179 g/mol. The third kappa shape index (κ3) is 1.20. The molecule has 0 aliphatic rings. The molecular formula is C11H13FN2. The normalized spacial score (nSPS) is 11.5. The third-order valence-electron chi connectivity index (χ3n) is 2.51. The minimum absolute atomic E-state index is 0.212. The van der Waals surface area contributed by atoms with Crippen molar-refractivity contribution < 1.29 is 4.39 Å². The zero-order valence-corrected chi connectivity index (χ0v) is 8.58. The fourth-order valence-electron chi connectivity index (χ4n) is 1.62. The van der Waals surface area contributed by atoms with E-state index in [1.807, 2.05) is 6.20 Å². The molecule has 0 N–H and O–H groups in total. The van der Waals surface area contributed by atoms with E-state index in [4.69, 9.17) is 0 Å². The lowest BCUT2D eigenvalue weighted by Gasteiger charge is -2.04. The van der Waals surface area contributed by atoms with Gasteiger partial charge in [0.05, 0.1) is 17.4 Å². The molecule has 0 amide bonds. The van der Waals surface area contributed by atoms with Gasteiger partial charge in [-0.2, -0.15) is 5.10 Å². The molecule has 0 aromatic carbocycles. The Morgan fingerprint density at radius 2 is 2.07 bits per heavy atom. The second kappa shape index (κ2) is 3.08. The summed E-state index contributed by atoms with van der Waals surface area (Å²) in [5.74, 6) is 0.202. The van der Waals surface area contributed by atoms with Gasteiger partial charge in [0.2, 0.25) is 0 Å². The number of halogens is 1. The van der Waals surface area contributed by atoms with E-state index in [1.165, 1.54) is 6.07 Å². The summed E-state index contributed by atoms with van der Waals surface area (Å²) in [5, 5.41) is 4.18. The van der Waals surface area contributed by atoms with Crippen molar-refractivity contribution in [3.8, 4) is 0 Å². The van der Waals surface area contributed by atoms with Crippen molar-refractivity contribution in [3.05, 3.63) is 35.4 Å². The molecule has 0 saturated carbocycles. The second-order valence-electron chi connectivity index (χ2n) is 3.82. The Hall–Kier alpha value is -1.38. The van der Waals surface area contributed by atoms with Crippen molar-refractivity contribution in [2.75, 3.05) is 0 Å². The summed E-state index contributed by atoms with van der Waals surface area (Å²) in [7, 11) is 0. The monoisotopic (exact) mass is 192 g/mol. The predicted octanol–water partition coefficient (Wildman–Crippen LogP) is 2.91.